The van der Waals surface area contributed by atoms with Crippen LogP contribution in [-0.2, 0) is 0 Å². The molecule has 0 spiro atoms. The van der Waals surface area contributed by atoms with E-state index in [1.165, 1.54) is 6.07 Å². The molecule has 0 fully saturated rings. The highest BCUT2D eigenvalue weighted by Gasteiger charge is 2.27. The summed E-state index contributed by atoms with van der Waals surface area (Å²) in [7, 11) is 0. The number of aliphatic hydroxyl groups is 1. The van der Waals surface area contributed by atoms with Crippen LogP contribution >= 0.6 is 0 Å². The number of carbonyl (C=O) groups is 1. The lowest BCUT2D eigenvalue weighted by atomic mass is 9.87. The molecule has 1 atom stereocenters. The number of phenols is 2. The van der Waals surface area contributed by atoms with Gasteiger partial charge in [-0.2, -0.15) is 0 Å². The maximum Gasteiger partial charge on any atom is 0.167 e. The van der Waals surface area contributed by atoms with Crippen LogP contribution < -0.4 is 0 Å². The fourth-order valence-electron chi connectivity index (χ4n) is 1.75. The number of carbonyl (C=O) groups excluding carboxylic acids is 1. The van der Waals surface area contributed by atoms with E-state index in [4.69, 9.17) is 0 Å². The van der Waals surface area contributed by atoms with Crippen LogP contribution in [0.2, 0.25) is 0 Å². The summed E-state index contributed by atoms with van der Waals surface area (Å²) in [5.74, 6) is -0.596. The van der Waals surface area contributed by atoms with Crippen LogP contribution in [0.3, 0.4) is 0 Å². The number of aromatic hydroxyl groups is 2. The second kappa shape index (κ2) is 2.99. The Morgan fingerprint density at radius 3 is 2.71 bits per heavy atom. The van der Waals surface area contributed by atoms with Gasteiger partial charge in [-0.25, -0.2) is 0 Å². The van der Waals surface area contributed by atoms with Crippen molar-refractivity contribution in [1.29, 1.82) is 0 Å². The van der Waals surface area contributed by atoms with Crippen molar-refractivity contribution in [3.8, 4) is 11.5 Å². The first kappa shape index (κ1) is 9.02. The lowest BCUT2D eigenvalue weighted by Gasteiger charge is -2.21. The highest BCUT2D eigenvalue weighted by atomic mass is 16.3. The van der Waals surface area contributed by atoms with Crippen molar-refractivity contribution >= 4 is 5.78 Å². The average molecular weight is 194 g/mol. The molecule has 1 aliphatic carbocycles. The molecule has 0 unspecified atom stereocenters. The SMILES string of the molecule is O=C1CC[C@@H](O)c2cc(O)cc(O)c21. The Balaban J connectivity index is 2.66. The molecule has 2 rings (SSSR count). The Bertz CT molecular complexity index is 397. The summed E-state index contributed by atoms with van der Waals surface area (Å²) in [6.07, 6.45) is -0.206. The van der Waals surface area contributed by atoms with Crippen molar-refractivity contribution in [2.24, 2.45) is 0 Å². The smallest absolute Gasteiger partial charge is 0.167 e. The van der Waals surface area contributed by atoms with Gasteiger partial charge in [-0.3, -0.25) is 4.79 Å². The van der Waals surface area contributed by atoms with Crippen LogP contribution in [-0.4, -0.2) is 21.1 Å². The molecular weight excluding hydrogens is 184 g/mol. The maximum atomic E-state index is 11.4. The zero-order valence-electron chi connectivity index (χ0n) is 7.40. The largest absolute Gasteiger partial charge is 0.508 e. The number of ketones is 1. The summed E-state index contributed by atoms with van der Waals surface area (Å²) in [6.45, 7) is 0. The number of rotatable bonds is 0. The van der Waals surface area contributed by atoms with Crippen molar-refractivity contribution < 1.29 is 20.1 Å². The van der Waals surface area contributed by atoms with Gasteiger partial charge in [0.2, 0.25) is 0 Å². The van der Waals surface area contributed by atoms with Crippen LogP contribution in [0.5, 0.6) is 11.5 Å². The van der Waals surface area contributed by atoms with E-state index >= 15 is 0 Å². The molecule has 0 heterocycles. The molecule has 1 aromatic rings. The van der Waals surface area contributed by atoms with Crippen LogP contribution in [0.1, 0.15) is 34.9 Å². The number of hydrogen-bond donors (Lipinski definition) is 3. The summed E-state index contributed by atoms with van der Waals surface area (Å²) in [4.78, 5) is 11.4. The zero-order chi connectivity index (χ0) is 10.3. The number of benzene rings is 1. The number of fused-ring (bicyclic) bond motifs is 1. The molecule has 4 nitrogen and oxygen atoms in total. The van der Waals surface area contributed by atoms with Crippen molar-refractivity contribution in [1.82, 2.24) is 0 Å². The third-order valence-electron chi connectivity index (χ3n) is 2.42. The molecule has 0 aliphatic heterocycles. The van der Waals surface area contributed by atoms with Gasteiger partial charge in [0, 0.05) is 12.5 Å². The maximum absolute atomic E-state index is 11.4. The summed E-state index contributed by atoms with van der Waals surface area (Å²) in [5.41, 5.74) is 0.459. The summed E-state index contributed by atoms with van der Waals surface area (Å²) < 4.78 is 0. The number of Topliss-reactive ketones (excluding diaryl/α,β-unsaturated/α-hetero) is 1. The molecule has 1 aliphatic rings. The van der Waals surface area contributed by atoms with E-state index in [9.17, 15) is 20.1 Å². The van der Waals surface area contributed by atoms with E-state index in [0.29, 0.717) is 12.0 Å². The van der Waals surface area contributed by atoms with Crippen LogP contribution in [0.15, 0.2) is 12.1 Å². The third-order valence-corrected chi connectivity index (χ3v) is 2.42. The van der Waals surface area contributed by atoms with Gasteiger partial charge in [0.25, 0.3) is 0 Å². The molecule has 0 bridgehead atoms. The van der Waals surface area contributed by atoms with E-state index < -0.39 is 6.10 Å². The lowest BCUT2D eigenvalue weighted by Crippen LogP contribution is -2.15. The Labute approximate surface area is 80.4 Å². The minimum atomic E-state index is -0.777. The van der Waals surface area contributed by atoms with Gasteiger partial charge in [0.15, 0.2) is 5.78 Å². The summed E-state index contributed by atoms with van der Waals surface area (Å²) in [6, 6.07) is 2.42. The fourth-order valence-corrected chi connectivity index (χ4v) is 1.75. The van der Waals surface area contributed by atoms with Gasteiger partial charge in [0.1, 0.15) is 11.5 Å². The molecule has 1 aromatic carbocycles. The molecule has 74 valence electrons. The first-order valence-corrected chi connectivity index (χ1v) is 4.36. The number of aliphatic hydroxyl groups excluding tert-OH is 1. The van der Waals surface area contributed by atoms with Gasteiger partial charge in [0.05, 0.1) is 11.7 Å². The molecule has 0 saturated heterocycles. The van der Waals surface area contributed by atoms with Gasteiger partial charge in [-0.1, -0.05) is 0 Å². The van der Waals surface area contributed by atoms with E-state index in [1.54, 1.807) is 0 Å². The van der Waals surface area contributed by atoms with Crippen molar-refractivity contribution in [3.05, 3.63) is 23.3 Å². The third kappa shape index (κ3) is 1.24. The van der Waals surface area contributed by atoms with Crippen molar-refractivity contribution in [3.63, 3.8) is 0 Å². The molecule has 0 amide bonds. The number of phenolic OH excluding ortho intramolecular Hbond substituents is 2. The summed E-state index contributed by atoms with van der Waals surface area (Å²) >= 11 is 0. The zero-order valence-corrected chi connectivity index (χ0v) is 7.40. The average Bonchev–Trinajstić information content (AvgIpc) is 2.10. The molecular formula is C10H10O4. The Morgan fingerprint density at radius 2 is 2.00 bits per heavy atom. The van der Waals surface area contributed by atoms with Gasteiger partial charge < -0.3 is 15.3 Å². The second-order valence-corrected chi connectivity index (χ2v) is 3.41. The first-order chi connectivity index (χ1) is 6.59. The normalized spacial score (nSPS) is 20.6. The van der Waals surface area contributed by atoms with Crippen LogP contribution in [0.4, 0.5) is 0 Å². The highest BCUT2D eigenvalue weighted by molar-refractivity contribution is 6.01. The highest BCUT2D eigenvalue weighted by Crippen LogP contribution is 2.37. The van der Waals surface area contributed by atoms with E-state index in [-0.39, 0.29) is 29.3 Å². The first-order valence-electron chi connectivity index (χ1n) is 4.36. The molecule has 4 heteroatoms. The van der Waals surface area contributed by atoms with Crippen LogP contribution in [0, 0.1) is 0 Å². The minimum Gasteiger partial charge on any atom is -0.508 e. The predicted molar refractivity (Wildman–Crippen MR) is 48.3 cm³/mol. The van der Waals surface area contributed by atoms with E-state index in [0.717, 1.165) is 6.07 Å². The van der Waals surface area contributed by atoms with Crippen molar-refractivity contribution in [2.75, 3.05) is 0 Å². The Hall–Kier alpha value is -1.55. The quantitative estimate of drug-likeness (QED) is 0.578. The lowest BCUT2D eigenvalue weighted by molar-refractivity contribution is 0.0892. The number of hydrogen-bond acceptors (Lipinski definition) is 4. The second-order valence-electron chi connectivity index (χ2n) is 3.41. The molecule has 0 radical (unpaired) electrons. The topological polar surface area (TPSA) is 77.8 Å². The molecule has 3 N–H and O–H groups in total. The van der Waals surface area contributed by atoms with Crippen molar-refractivity contribution in [2.45, 2.75) is 18.9 Å². The predicted octanol–water partition coefficient (Wildman–Crippen LogP) is 1.11. The van der Waals surface area contributed by atoms with Crippen LogP contribution in [0.25, 0.3) is 0 Å². The Morgan fingerprint density at radius 1 is 1.29 bits per heavy atom. The van der Waals surface area contributed by atoms with Gasteiger partial charge in [-0.05, 0) is 18.1 Å². The van der Waals surface area contributed by atoms with E-state index in [2.05, 4.69) is 0 Å². The Kier molecular flexibility index (Phi) is 1.93. The summed E-state index contributed by atoms with van der Waals surface area (Å²) in [5, 5.41) is 28.2. The minimum absolute atomic E-state index is 0.140. The van der Waals surface area contributed by atoms with Gasteiger partial charge >= 0.3 is 0 Å². The molecule has 0 saturated carbocycles. The standard InChI is InChI=1S/C10H10O4/c11-5-3-6-7(12)1-2-8(13)10(6)9(14)4-5/h3-4,7,11-12,14H,1-2H2/t7-/m1/s1. The molecule has 0 aromatic heterocycles. The fraction of sp³-hybridized carbons (Fsp3) is 0.300. The monoisotopic (exact) mass is 194 g/mol. The van der Waals surface area contributed by atoms with Gasteiger partial charge in [-0.15, -0.1) is 0 Å². The van der Waals surface area contributed by atoms with E-state index in [1.807, 2.05) is 0 Å². The molecule has 14 heavy (non-hydrogen) atoms.